The second-order valence-electron chi connectivity index (χ2n) is 8.68. The highest BCUT2D eigenvalue weighted by Crippen LogP contribution is 2.27. The number of ketones is 1. The van der Waals surface area contributed by atoms with Gasteiger partial charge < -0.3 is 9.47 Å². The molecule has 3 aromatic rings. The number of carbonyl (C=O) groups is 1. The Bertz CT molecular complexity index is 1100. The van der Waals surface area contributed by atoms with Gasteiger partial charge in [0.05, 0.1) is 12.7 Å². The highest BCUT2D eigenvalue weighted by molar-refractivity contribution is 5.99. The fourth-order valence-electron chi connectivity index (χ4n) is 5.02. The zero-order valence-electron chi connectivity index (χ0n) is 18.3. The summed E-state index contributed by atoms with van der Waals surface area (Å²) in [5, 5.41) is 0. The summed E-state index contributed by atoms with van der Waals surface area (Å²) in [6.45, 7) is 8.05. The minimum Gasteiger partial charge on any atom is -0.353 e. The molecule has 31 heavy (non-hydrogen) atoms. The normalized spacial score (nSPS) is 16.5. The van der Waals surface area contributed by atoms with Gasteiger partial charge in [0.15, 0.2) is 5.78 Å². The highest BCUT2D eigenvalue weighted by atomic mass is 16.1. The van der Waals surface area contributed by atoms with Crippen LogP contribution in [0.4, 0.5) is 5.82 Å². The lowest BCUT2D eigenvalue weighted by molar-refractivity contribution is 0.0925. The Hall–Kier alpha value is -2.99. The third-order valence-electron chi connectivity index (χ3n) is 6.68. The van der Waals surface area contributed by atoms with E-state index in [4.69, 9.17) is 0 Å². The fraction of sp³-hybridized carbons (Fsp3) is 0.400. The van der Waals surface area contributed by atoms with E-state index in [0.717, 1.165) is 55.4 Å². The SMILES string of the molecule is Cc1cc(C(=O)CN2CCN(c3cnccn3)CC2)c(C)n1-c1ccc2c(c1)CCC2. The van der Waals surface area contributed by atoms with Crippen molar-refractivity contribution in [1.29, 1.82) is 0 Å². The van der Waals surface area contributed by atoms with Crippen LogP contribution in [0.25, 0.3) is 5.69 Å². The second kappa shape index (κ2) is 8.27. The predicted molar refractivity (Wildman–Crippen MR) is 122 cm³/mol. The summed E-state index contributed by atoms with van der Waals surface area (Å²) < 4.78 is 2.23. The van der Waals surface area contributed by atoms with E-state index in [2.05, 4.69) is 62.4 Å². The van der Waals surface area contributed by atoms with Crippen LogP contribution < -0.4 is 4.90 Å². The van der Waals surface area contributed by atoms with Gasteiger partial charge in [-0.2, -0.15) is 0 Å². The highest BCUT2D eigenvalue weighted by Gasteiger charge is 2.23. The van der Waals surface area contributed by atoms with Gasteiger partial charge in [0.2, 0.25) is 0 Å². The molecule has 0 radical (unpaired) electrons. The predicted octanol–water partition coefficient (Wildman–Crippen LogP) is 3.38. The molecular formula is C25H29N5O. The first kappa shape index (κ1) is 19.9. The monoisotopic (exact) mass is 415 g/mol. The van der Waals surface area contributed by atoms with Gasteiger partial charge in [-0.3, -0.25) is 14.7 Å². The first-order chi connectivity index (χ1) is 15.1. The first-order valence-corrected chi connectivity index (χ1v) is 11.2. The number of anilines is 1. The van der Waals surface area contributed by atoms with E-state index in [1.54, 1.807) is 18.6 Å². The van der Waals surface area contributed by atoms with E-state index in [1.165, 1.54) is 29.7 Å². The smallest absolute Gasteiger partial charge is 0.178 e. The Morgan fingerprint density at radius 1 is 1.00 bits per heavy atom. The molecular weight excluding hydrogens is 386 g/mol. The molecule has 1 fully saturated rings. The summed E-state index contributed by atoms with van der Waals surface area (Å²) >= 11 is 0. The standard InChI is InChI=1S/C25H29N5O/c1-18-14-23(19(2)30(18)22-7-6-20-4-3-5-21(20)15-22)24(31)17-28-10-12-29(13-11-28)25-16-26-8-9-27-25/h6-9,14-16H,3-5,10-13,17H2,1-2H3. The maximum atomic E-state index is 13.2. The third kappa shape index (κ3) is 3.88. The van der Waals surface area contributed by atoms with Crippen LogP contribution in [0.5, 0.6) is 0 Å². The van der Waals surface area contributed by atoms with E-state index in [0.29, 0.717) is 6.54 Å². The number of benzene rings is 1. The van der Waals surface area contributed by atoms with Crippen LogP contribution in [0.1, 0.15) is 39.3 Å². The van der Waals surface area contributed by atoms with Gasteiger partial charge in [0, 0.05) is 61.2 Å². The van der Waals surface area contributed by atoms with Gasteiger partial charge in [-0.25, -0.2) is 4.98 Å². The average molecular weight is 416 g/mol. The molecule has 0 unspecified atom stereocenters. The maximum Gasteiger partial charge on any atom is 0.178 e. The fourth-order valence-corrected chi connectivity index (χ4v) is 5.02. The van der Waals surface area contributed by atoms with Crippen LogP contribution >= 0.6 is 0 Å². The Kier molecular flexibility index (Phi) is 5.32. The molecule has 0 atom stereocenters. The van der Waals surface area contributed by atoms with E-state index in [1.807, 2.05) is 0 Å². The van der Waals surface area contributed by atoms with Crippen LogP contribution in [0.3, 0.4) is 0 Å². The van der Waals surface area contributed by atoms with Crippen molar-refractivity contribution in [2.75, 3.05) is 37.6 Å². The van der Waals surface area contributed by atoms with E-state index in [9.17, 15) is 4.79 Å². The lowest BCUT2D eigenvalue weighted by Crippen LogP contribution is -2.48. The Labute approximate surface area is 183 Å². The molecule has 0 saturated carbocycles. The molecule has 1 aromatic carbocycles. The number of rotatable bonds is 5. The minimum atomic E-state index is 0.202. The molecule has 1 saturated heterocycles. The van der Waals surface area contributed by atoms with Crippen molar-refractivity contribution in [1.82, 2.24) is 19.4 Å². The summed E-state index contributed by atoms with van der Waals surface area (Å²) in [5.41, 5.74) is 7.11. The van der Waals surface area contributed by atoms with Gasteiger partial charge in [0.25, 0.3) is 0 Å². The van der Waals surface area contributed by atoms with Crippen LogP contribution in [0.15, 0.2) is 42.9 Å². The Morgan fingerprint density at radius 3 is 2.58 bits per heavy atom. The summed E-state index contributed by atoms with van der Waals surface area (Å²) in [6.07, 6.45) is 8.81. The van der Waals surface area contributed by atoms with Gasteiger partial charge in [-0.05, 0) is 62.4 Å². The number of aryl methyl sites for hydroxylation is 3. The number of Topliss-reactive ketones (excluding diaryl/α,β-unsaturated/α-hetero) is 1. The van der Waals surface area contributed by atoms with Crippen molar-refractivity contribution >= 4 is 11.6 Å². The molecule has 1 aliphatic carbocycles. The number of carbonyl (C=O) groups excluding carboxylic acids is 1. The molecule has 0 N–H and O–H groups in total. The Morgan fingerprint density at radius 2 is 1.81 bits per heavy atom. The van der Waals surface area contributed by atoms with E-state index >= 15 is 0 Å². The van der Waals surface area contributed by atoms with E-state index in [-0.39, 0.29) is 5.78 Å². The zero-order chi connectivity index (χ0) is 21.4. The van der Waals surface area contributed by atoms with Crippen molar-refractivity contribution in [3.63, 3.8) is 0 Å². The first-order valence-electron chi connectivity index (χ1n) is 11.2. The van der Waals surface area contributed by atoms with Gasteiger partial charge in [0.1, 0.15) is 5.82 Å². The number of nitrogens with zero attached hydrogens (tertiary/aromatic N) is 5. The third-order valence-corrected chi connectivity index (χ3v) is 6.68. The summed E-state index contributed by atoms with van der Waals surface area (Å²) in [5.74, 6) is 1.11. The van der Waals surface area contributed by atoms with Gasteiger partial charge in [-0.1, -0.05) is 6.07 Å². The van der Waals surface area contributed by atoms with Crippen molar-refractivity contribution in [2.24, 2.45) is 0 Å². The Balaban J connectivity index is 1.28. The quantitative estimate of drug-likeness (QED) is 0.598. The van der Waals surface area contributed by atoms with Crippen LogP contribution in [0, 0.1) is 13.8 Å². The summed E-state index contributed by atoms with van der Waals surface area (Å²) in [7, 11) is 0. The molecule has 5 rings (SSSR count). The molecule has 6 heteroatoms. The number of hydrogen-bond acceptors (Lipinski definition) is 5. The van der Waals surface area contributed by atoms with Gasteiger partial charge >= 0.3 is 0 Å². The number of piperazine rings is 1. The largest absolute Gasteiger partial charge is 0.353 e. The van der Waals surface area contributed by atoms with Crippen molar-refractivity contribution < 1.29 is 4.79 Å². The summed E-state index contributed by atoms with van der Waals surface area (Å²) in [6, 6.07) is 8.82. The topological polar surface area (TPSA) is 54.3 Å². The minimum absolute atomic E-state index is 0.202. The lowest BCUT2D eigenvalue weighted by Gasteiger charge is -2.34. The number of aromatic nitrogens is 3. The maximum absolute atomic E-state index is 13.2. The van der Waals surface area contributed by atoms with E-state index < -0.39 is 0 Å². The number of fused-ring (bicyclic) bond motifs is 1. The van der Waals surface area contributed by atoms with Crippen molar-refractivity contribution in [3.05, 3.63) is 70.9 Å². The lowest BCUT2D eigenvalue weighted by atomic mass is 10.1. The molecule has 160 valence electrons. The molecule has 2 aromatic heterocycles. The average Bonchev–Trinajstić information content (AvgIpc) is 3.38. The number of hydrogen-bond donors (Lipinski definition) is 0. The molecule has 0 bridgehead atoms. The van der Waals surface area contributed by atoms with Crippen LogP contribution in [0.2, 0.25) is 0 Å². The molecule has 6 nitrogen and oxygen atoms in total. The van der Waals surface area contributed by atoms with Crippen molar-refractivity contribution in [2.45, 2.75) is 33.1 Å². The molecule has 0 amide bonds. The van der Waals surface area contributed by atoms with Gasteiger partial charge in [-0.15, -0.1) is 0 Å². The van der Waals surface area contributed by atoms with Crippen LogP contribution in [-0.2, 0) is 12.8 Å². The summed E-state index contributed by atoms with van der Waals surface area (Å²) in [4.78, 5) is 26.2. The molecule has 2 aliphatic rings. The second-order valence-corrected chi connectivity index (χ2v) is 8.68. The zero-order valence-corrected chi connectivity index (χ0v) is 18.3. The van der Waals surface area contributed by atoms with Crippen LogP contribution in [-0.4, -0.2) is 57.9 Å². The molecule has 0 spiro atoms. The molecule has 1 aliphatic heterocycles. The molecule has 3 heterocycles. The van der Waals surface area contributed by atoms with Crippen molar-refractivity contribution in [3.8, 4) is 5.69 Å².